The molecule has 12 heteroatoms. The van der Waals surface area contributed by atoms with Crippen molar-refractivity contribution in [2.24, 2.45) is 5.92 Å². The Kier molecular flexibility index (Phi) is 22.8. The average molecular weight is 651 g/mol. The van der Waals surface area contributed by atoms with Crippen LogP contribution in [-0.2, 0) is 39.9 Å². The number of nitrogens with zero attached hydrogens (tertiary/aromatic N) is 1. The molecule has 3 atom stereocenters. The molecule has 0 aromatic heterocycles. The van der Waals surface area contributed by atoms with E-state index in [0.717, 1.165) is 25.7 Å². The minimum absolute atomic E-state index is 0. The Morgan fingerprint density at radius 3 is 1.68 bits per heavy atom. The summed E-state index contributed by atoms with van der Waals surface area (Å²) < 4.78 is 11.8. The van der Waals surface area contributed by atoms with Gasteiger partial charge in [0.25, 0.3) is 6.04 Å². The first-order valence-corrected chi connectivity index (χ1v) is 11.4. The molecule has 0 spiro atoms. The molecule has 4 N–H and O–H groups in total. The van der Waals surface area contributed by atoms with Crippen LogP contribution in [-0.4, -0.2) is 63.6 Å². The Bertz CT molecular complexity index is 479. The molecule has 0 radical (unpaired) electrons. The molecule has 0 bridgehead atoms. The van der Waals surface area contributed by atoms with Gasteiger partial charge in [-0.2, -0.15) is 12.0 Å². The molecular weight excluding hydrogens is 610 g/mol. The molecule has 1 saturated carbocycles. The molecule has 0 aliphatic heterocycles. The summed E-state index contributed by atoms with van der Waals surface area (Å²) in [7, 11) is -3.04. The van der Waals surface area contributed by atoms with E-state index in [1.165, 1.54) is 19.3 Å². The van der Waals surface area contributed by atoms with Crippen LogP contribution in [0, 0.1) is 12.8 Å². The van der Waals surface area contributed by atoms with Crippen LogP contribution in [0.25, 0.3) is 5.73 Å². The van der Waals surface area contributed by atoms with Gasteiger partial charge in [0, 0.05) is 6.10 Å². The summed E-state index contributed by atoms with van der Waals surface area (Å²) in [4.78, 5) is 31.4. The van der Waals surface area contributed by atoms with Crippen LogP contribution in [0.15, 0.2) is 0 Å². The van der Waals surface area contributed by atoms with E-state index in [0.29, 0.717) is 25.6 Å². The third-order valence-electron chi connectivity index (χ3n) is 5.00. The fourth-order valence-electron chi connectivity index (χ4n) is 3.84. The van der Waals surface area contributed by atoms with Crippen molar-refractivity contribution in [3.63, 3.8) is 0 Å². The zero-order valence-corrected chi connectivity index (χ0v) is 21.8. The molecule has 0 amide bonds. The second kappa shape index (κ2) is 20.2. The van der Waals surface area contributed by atoms with E-state index in [-0.39, 0.29) is 33.0 Å². The van der Waals surface area contributed by atoms with Gasteiger partial charge in [-0.3, -0.25) is 0 Å². The molecule has 188 valence electrons. The van der Waals surface area contributed by atoms with Crippen LogP contribution in [0.1, 0.15) is 67.1 Å². The number of hydrogen-bond donors (Lipinski definition) is 3. The molecule has 0 aromatic rings. The normalized spacial score (nSPS) is 18.5. The number of aliphatic carboxylic acids is 2. The first-order chi connectivity index (χ1) is 14.0. The molecule has 0 saturated heterocycles. The molecular formula is C19H40N2O8PPt+. The Balaban J connectivity index is -0.000000217. The van der Waals surface area contributed by atoms with Gasteiger partial charge in [0.2, 0.25) is 0 Å². The maximum Gasteiger partial charge on any atom is 2.00 e. The van der Waals surface area contributed by atoms with Crippen molar-refractivity contribution in [3.8, 4) is 0 Å². The Morgan fingerprint density at radius 1 is 1.13 bits per heavy atom. The van der Waals surface area contributed by atoms with Gasteiger partial charge in [0.15, 0.2) is 0 Å². The maximum absolute atomic E-state index is 11.2. The zero-order chi connectivity index (χ0) is 23.7. The second-order valence-corrected chi connectivity index (χ2v) is 8.04. The monoisotopic (exact) mass is 650 g/mol. The number of rotatable bonds is 10. The second-order valence-electron chi connectivity index (χ2n) is 7.42. The van der Waals surface area contributed by atoms with E-state index < -0.39 is 26.2 Å². The van der Waals surface area contributed by atoms with E-state index in [4.69, 9.17) is 30.7 Å². The fourth-order valence-corrected chi connectivity index (χ4v) is 3.84. The van der Waals surface area contributed by atoms with Gasteiger partial charge < -0.3 is 32.2 Å². The van der Waals surface area contributed by atoms with Gasteiger partial charge >= 0.3 is 41.3 Å². The third kappa shape index (κ3) is 15.1. The SMILES string of the molecule is CCC[N+](CCC)(CCC)C(C(=O)O)C(=O)O.O=[P+]([O-])OO.[CH2-]C1CCCCC1[NH-].[HH].[Pt+2]. The Hall–Kier alpha value is -0.472. The van der Waals surface area contributed by atoms with Crippen LogP contribution in [0.5, 0.6) is 0 Å². The van der Waals surface area contributed by atoms with E-state index >= 15 is 0 Å². The molecule has 1 aliphatic rings. The van der Waals surface area contributed by atoms with Crippen molar-refractivity contribution in [2.45, 2.75) is 77.8 Å². The van der Waals surface area contributed by atoms with Gasteiger partial charge in [-0.15, -0.1) is 0 Å². The number of carboxylic acids is 2. The molecule has 31 heavy (non-hydrogen) atoms. The van der Waals surface area contributed by atoms with Gasteiger partial charge in [0.05, 0.1) is 19.6 Å². The predicted molar refractivity (Wildman–Crippen MR) is 114 cm³/mol. The zero-order valence-electron chi connectivity index (χ0n) is 18.6. The summed E-state index contributed by atoms with van der Waals surface area (Å²) in [5.74, 6) is -2.04. The predicted octanol–water partition coefficient (Wildman–Crippen LogP) is 3.74. The number of carboxylic acid groups (broad SMARTS) is 2. The van der Waals surface area contributed by atoms with E-state index in [9.17, 15) is 9.59 Å². The molecule has 10 nitrogen and oxygen atoms in total. The summed E-state index contributed by atoms with van der Waals surface area (Å²) in [5.41, 5.74) is 7.42. The number of carbonyl (C=O) groups is 2. The summed E-state index contributed by atoms with van der Waals surface area (Å²) in [6.07, 6.45) is 7.16. The molecule has 1 rings (SSSR count). The van der Waals surface area contributed by atoms with Crippen molar-refractivity contribution in [2.75, 3.05) is 19.6 Å². The number of hydrogen-bond acceptors (Lipinski definition) is 6. The summed E-state index contributed by atoms with van der Waals surface area (Å²) in [6, 6.07) is -1.20. The van der Waals surface area contributed by atoms with E-state index in [2.05, 4.69) is 11.6 Å². The molecule has 3 unspecified atom stereocenters. The van der Waals surface area contributed by atoms with Crippen molar-refractivity contribution < 1.29 is 66.2 Å². The summed E-state index contributed by atoms with van der Waals surface area (Å²) in [5, 5.41) is 25.4. The van der Waals surface area contributed by atoms with Crippen LogP contribution in [0.2, 0.25) is 0 Å². The van der Waals surface area contributed by atoms with Gasteiger partial charge in [-0.05, 0) is 23.8 Å². The number of nitrogens with one attached hydrogen (secondary N) is 1. The van der Waals surface area contributed by atoms with Crippen molar-refractivity contribution in [1.82, 2.24) is 0 Å². The van der Waals surface area contributed by atoms with Gasteiger partial charge in [-0.1, -0.05) is 46.5 Å². The fraction of sp³-hybridized carbons (Fsp3) is 0.842. The third-order valence-corrected chi connectivity index (χ3v) is 5.13. The van der Waals surface area contributed by atoms with Crippen molar-refractivity contribution in [3.05, 3.63) is 12.7 Å². The van der Waals surface area contributed by atoms with E-state index in [1.54, 1.807) is 0 Å². The maximum atomic E-state index is 11.2. The minimum Gasteiger partial charge on any atom is -0.677 e. The smallest absolute Gasteiger partial charge is 0.677 e. The van der Waals surface area contributed by atoms with Crippen LogP contribution in [0.4, 0.5) is 0 Å². The standard InChI is InChI=1S/C12H23NO4.C7H13N.HO4P.Pt.H2/c1-4-7-13(8-5-2,9-6-3)10(11(14)15)12(16)17;1-6-4-2-3-5-7(6)8;1-4-5(2)3;;/h10H,4-9H2,1-3H3,(H-,14,15,16,17);6-8H,1-5H2;1H;;1H/q;-2;;+2;/p+1. The average Bonchev–Trinajstić information content (AvgIpc) is 2.65. The van der Waals surface area contributed by atoms with Crippen LogP contribution < -0.4 is 4.89 Å². The summed E-state index contributed by atoms with van der Waals surface area (Å²) in [6.45, 7) is 11.6. The van der Waals surface area contributed by atoms with Crippen molar-refractivity contribution in [1.29, 1.82) is 0 Å². The van der Waals surface area contributed by atoms with E-state index in [1.807, 2.05) is 20.8 Å². The largest absolute Gasteiger partial charge is 2.00 e. The molecule has 0 aromatic carbocycles. The number of quaternary nitrogens is 1. The minimum atomic E-state index is -3.04. The van der Waals surface area contributed by atoms with Crippen LogP contribution >= 0.6 is 8.25 Å². The molecule has 1 aliphatic carbocycles. The molecule has 1 fully saturated rings. The Labute approximate surface area is 202 Å². The van der Waals surface area contributed by atoms with Crippen molar-refractivity contribution >= 4 is 20.2 Å². The van der Waals surface area contributed by atoms with Crippen LogP contribution in [0.3, 0.4) is 0 Å². The quantitative estimate of drug-likeness (QED) is 0.0803. The van der Waals surface area contributed by atoms with Gasteiger partial charge in [0.1, 0.15) is 0 Å². The van der Waals surface area contributed by atoms with Gasteiger partial charge in [-0.25, -0.2) is 14.8 Å². The molecule has 0 heterocycles. The summed E-state index contributed by atoms with van der Waals surface area (Å²) >= 11 is 0. The first kappa shape index (κ1) is 35.1. The first-order valence-electron chi connectivity index (χ1n) is 10.3. The Morgan fingerprint density at radius 2 is 1.48 bits per heavy atom. The topological polar surface area (TPSA) is 168 Å².